The molecule has 1 unspecified atom stereocenters. The molecule has 2 rings (SSSR count). The quantitative estimate of drug-likeness (QED) is 0.854. The molecule has 0 saturated carbocycles. The predicted octanol–water partition coefficient (Wildman–Crippen LogP) is 2.11. The van der Waals surface area contributed by atoms with Crippen LogP contribution >= 0.6 is 0 Å². The molecule has 2 aromatic rings. The third kappa shape index (κ3) is 2.19. The first-order valence-corrected chi connectivity index (χ1v) is 5.35. The van der Waals surface area contributed by atoms with Crippen molar-refractivity contribution in [3.05, 3.63) is 47.3 Å². The van der Waals surface area contributed by atoms with Gasteiger partial charge in [0.15, 0.2) is 0 Å². The molecule has 0 aliphatic heterocycles. The smallest absolute Gasteiger partial charge is 0.0992 e. The summed E-state index contributed by atoms with van der Waals surface area (Å²) in [5.74, 6) is 0. The Balaban J connectivity index is 2.61. The first kappa shape index (κ1) is 11.4. The van der Waals surface area contributed by atoms with E-state index in [1.807, 2.05) is 13.1 Å². The van der Waals surface area contributed by atoms with E-state index < -0.39 is 6.10 Å². The summed E-state index contributed by atoms with van der Waals surface area (Å²) in [6.07, 6.45) is 3.01. The minimum atomic E-state index is -0.595. The van der Waals surface area contributed by atoms with E-state index in [9.17, 15) is 5.11 Å². The van der Waals surface area contributed by atoms with E-state index in [2.05, 4.69) is 11.2 Å². The number of nitrogens with zero attached hydrogens (tertiary/aromatic N) is 3. The highest BCUT2D eigenvalue weighted by atomic mass is 16.3. The normalized spacial score (nSPS) is 12.1. The summed E-state index contributed by atoms with van der Waals surface area (Å²) in [5, 5.41) is 22.8. The van der Waals surface area contributed by atoms with Gasteiger partial charge in [-0.1, -0.05) is 6.07 Å². The van der Waals surface area contributed by atoms with Crippen molar-refractivity contribution in [2.24, 2.45) is 0 Å². The highest BCUT2D eigenvalue weighted by Crippen LogP contribution is 2.22. The molecule has 4 heteroatoms. The number of hydrogen-bond acceptors (Lipinski definition) is 3. The summed E-state index contributed by atoms with van der Waals surface area (Å²) >= 11 is 0. The van der Waals surface area contributed by atoms with E-state index in [4.69, 9.17) is 5.26 Å². The summed E-state index contributed by atoms with van der Waals surface area (Å²) in [4.78, 5) is 0. The zero-order valence-electron chi connectivity index (χ0n) is 9.75. The summed E-state index contributed by atoms with van der Waals surface area (Å²) in [7, 11) is 0. The van der Waals surface area contributed by atoms with Crippen LogP contribution in [0.1, 0.15) is 29.7 Å². The second-order valence-corrected chi connectivity index (χ2v) is 4.02. The molecule has 0 radical (unpaired) electrons. The third-order valence-corrected chi connectivity index (χ3v) is 2.57. The van der Waals surface area contributed by atoms with Crippen LogP contribution in [0.15, 0.2) is 30.6 Å². The maximum absolute atomic E-state index is 9.71. The fourth-order valence-electron chi connectivity index (χ4n) is 1.71. The monoisotopic (exact) mass is 227 g/mol. The number of aliphatic hydroxyl groups is 1. The van der Waals surface area contributed by atoms with Crippen LogP contribution in [0.5, 0.6) is 0 Å². The van der Waals surface area contributed by atoms with Gasteiger partial charge in [0.25, 0.3) is 0 Å². The molecular formula is C13H13N3O. The predicted molar refractivity (Wildman–Crippen MR) is 63.6 cm³/mol. The standard InChI is InChI=1S/C13H13N3O/c1-9-7-15-16(8-9)13-5-11(6-14)3-4-12(13)10(2)17/h3-5,7-8,10,17H,1-2H3. The number of rotatable bonds is 2. The Morgan fingerprint density at radius 3 is 2.76 bits per heavy atom. The molecule has 86 valence electrons. The molecule has 0 fully saturated rings. The highest BCUT2D eigenvalue weighted by Gasteiger charge is 2.11. The molecule has 1 aromatic heterocycles. The highest BCUT2D eigenvalue weighted by molar-refractivity contribution is 5.48. The lowest BCUT2D eigenvalue weighted by atomic mass is 10.1. The van der Waals surface area contributed by atoms with Gasteiger partial charge in [-0.2, -0.15) is 10.4 Å². The number of nitriles is 1. The molecule has 0 amide bonds. The lowest BCUT2D eigenvalue weighted by Crippen LogP contribution is -2.03. The molecule has 17 heavy (non-hydrogen) atoms. The molecule has 1 atom stereocenters. The zero-order valence-corrected chi connectivity index (χ0v) is 9.75. The Bertz CT molecular complexity index is 579. The third-order valence-electron chi connectivity index (χ3n) is 2.57. The number of aromatic nitrogens is 2. The van der Waals surface area contributed by atoms with E-state index >= 15 is 0 Å². The van der Waals surface area contributed by atoms with Gasteiger partial charge >= 0.3 is 0 Å². The van der Waals surface area contributed by atoms with Crippen molar-refractivity contribution in [3.8, 4) is 11.8 Å². The number of aliphatic hydroxyl groups excluding tert-OH is 1. The van der Waals surface area contributed by atoms with E-state index in [1.54, 1.807) is 36.0 Å². The molecule has 0 bridgehead atoms. The zero-order chi connectivity index (χ0) is 12.4. The van der Waals surface area contributed by atoms with Crippen LogP contribution in [0.3, 0.4) is 0 Å². The average molecular weight is 227 g/mol. The van der Waals surface area contributed by atoms with Gasteiger partial charge in [0.1, 0.15) is 0 Å². The van der Waals surface area contributed by atoms with Gasteiger partial charge in [0.05, 0.1) is 29.6 Å². The van der Waals surface area contributed by atoms with Crippen LogP contribution in [-0.2, 0) is 0 Å². The average Bonchev–Trinajstić information content (AvgIpc) is 2.75. The molecule has 1 heterocycles. The number of aryl methyl sites for hydroxylation is 1. The van der Waals surface area contributed by atoms with Gasteiger partial charge in [-0.25, -0.2) is 4.68 Å². The Morgan fingerprint density at radius 2 is 2.24 bits per heavy atom. The second-order valence-electron chi connectivity index (χ2n) is 4.02. The molecular weight excluding hydrogens is 214 g/mol. The number of benzene rings is 1. The lowest BCUT2D eigenvalue weighted by Gasteiger charge is -2.12. The molecule has 1 aromatic carbocycles. The first-order valence-electron chi connectivity index (χ1n) is 5.35. The SMILES string of the molecule is Cc1cnn(-c2cc(C#N)ccc2C(C)O)c1. The van der Waals surface area contributed by atoms with Gasteiger partial charge < -0.3 is 5.11 Å². The van der Waals surface area contributed by atoms with Gasteiger partial charge in [-0.15, -0.1) is 0 Å². The van der Waals surface area contributed by atoms with Crippen molar-refractivity contribution in [2.45, 2.75) is 20.0 Å². The lowest BCUT2D eigenvalue weighted by molar-refractivity contribution is 0.199. The molecule has 0 saturated heterocycles. The van der Waals surface area contributed by atoms with Crippen LogP contribution in [-0.4, -0.2) is 14.9 Å². The topological polar surface area (TPSA) is 61.8 Å². The van der Waals surface area contributed by atoms with Gasteiger partial charge in [-0.3, -0.25) is 0 Å². The summed E-state index contributed by atoms with van der Waals surface area (Å²) in [6, 6.07) is 7.27. The van der Waals surface area contributed by atoms with Crippen LogP contribution in [0.25, 0.3) is 5.69 Å². The fourth-order valence-corrected chi connectivity index (χ4v) is 1.71. The van der Waals surface area contributed by atoms with Crippen molar-refractivity contribution < 1.29 is 5.11 Å². The maximum atomic E-state index is 9.71. The van der Waals surface area contributed by atoms with Crippen LogP contribution in [0.4, 0.5) is 0 Å². The van der Waals surface area contributed by atoms with E-state index in [-0.39, 0.29) is 0 Å². The molecule has 0 spiro atoms. The van der Waals surface area contributed by atoms with Crippen molar-refractivity contribution in [1.82, 2.24) is 9.78 Å². The van der Waals surface area contributed by atoms with E-state index in [0.717, 1.165) is 16.8 Å². The van der Waals surface area contributed by atoms with Crippen molar-refractivity contribution in [3.63, 3.8) is 0 Å². The number of hydrogen-bond donors (Lipinski definition) is 1. The van der Waals surface area contributed by atoms with E-state index in [0.29, 0.717) is 5.56 Å². The van der Waals surface area contributed by atoms with Gasteiger partial charge in [0, 0.05) is 11.8 Å². The molecule has 4 nitrogen and oxygen atoms in total. The molecule has 0 aliphatic rings. The molecule has 0 aliphatic carbocycles. The summed E-state index contributed by atoms with van der Waals surface area (Å²) in [5.41, 5.74) is 3.08. The van der Waals surface area contributed by atoms with Crippen LogP contribution in [0, 0.1) is 18.3 Å². The fraction of sp³-hybridized carbons (Fsp3) is 0.231. The van der Waals surface area contributed by atoms with Crippen molar-refractivity contribution in [2.75, 3.05) is 0 Å². The second kappa shape index (κ2) is 4.40. The Labute approximate surface area is 99.7 Å². The molecule has 1 N–H and O–H groups in total. The first-order chi connectivity index (χ1) is 8.11. The Hall–Kier alpha value is -2.12. The van der Waals surface area contributed by atoms with Crippen molar-refractivity contribution >= 4 is 0 Å². The minimum absolute atomic E-state index is 0.553. The minimum Gasteiger partial charge on any atom is -0.389 e. The summed E-state index contributed by atoms with van der Waals surface area (Å²) < 4.78 is 1.68. The Morgan fingerprint density at radius 1 is 1.47 bits per heavy atom. The van der Waals surface area contributed by atoms with Crippen molar-refractivity contribution in [1.29, 1.82) is 5.26 Å². The van der Waals surface area contributed by atoms with Gasteiger partial charge in [-0.05, 0) is 31.5 Å². The maximum Gasteiger partial charge on any atom is 0.0992 e. The van der Waals surface area contributed by atoms with Crippen LogP contribution in [0.2, 0.25) is 0 Å². The van der Waals surface area contributed by atoms with E-state index in [1.165, 1.54) is 0 Å². The van der Waals surface area contributed by atoms with Crippen LogP contribution < -0.4 is 0 Å². The summed E-state index contributed by atoms with van der Waals surface area (Å²) in [6.45, 7) is 3.64. The van der Waals surface area contributed by atoms with Gasteiger partial charge in [0.2, 0.25) is 0 Å². The Kier molecular flexibility index (Phi) is 2.94. The largest absolute Gasteiger partial charge is 0.389 e.